The summed E-state index contributed by atoms with van der Waals surface area (Å²) >= 11 is 0. The zero-order valence-electron chi connectivity index (χ0n) is 14.5. The number of aliphatic hydroxyl groups is 1. The van der Waals surface area contributed by atoms with Gasteiger partial charge in [0.05, 0.1) is 12.3 Å². The number of amides is 1. The van der Waals surface area contributed by atoms with Gasteiger partial charge in [0.1, 0.15) is 12.3 Å². The highest BCUT2D eigenvalue weighted by Crippen LogP contribution is 2.75. The van der Waals surface area contributed by atoms with Gasteiger partial charge in [-0.15, -0.1) is 0 Å². The van der Waals surface area contributed by atoms with E-state index in [0.717, 1.165) is 25.7 Å². The van der Waals surface area contributed by atoms with Gasteiger partial charge in [-0.1, -0.05) is 12.2 Å². The zero-order valence-corrected chi connectivity index (χ0v) is 14.5. The Kier molecular flexibility index (Phi) is 4.11. The molecule has 0 heterocycles. The van der Waals surface area contributed by atoms with E-state index in [2.05, 4.69) is 22.2 Å². The van der Waals surface area contributed by atoms with Crippen molar-refractivity contribution in [2.45, 2.75) is 57.6 Å². The second kappa shape index (κ2) is 5.62. The van der Waals surface area contributed by atoms with E-state index in [9.17, 15) is 9.90 Å². The molecule has 1 amide bonds. The summed E-state index contributed by atoms with van der Waals surface area (Å²) in [5.74, 6) is -1.04. The molecule has 134 valence electrons. The van der Waals surface area contributed by atoms with Gasteiger partial charge in [0.25, 0.3) is 0 Å². The van der Waals surface area contributed by atoms with Crippen molar-refractivity contribution in [3.05, 3.63) is 12.2 Å². The van der Waals surface area contributed by atoms with Crippen LogP contribution in [0, 0.1) is 16.7 Å². The van der Waals surface area contributed by atoms with Crippen molar-refractivity contribution in [3.8, 4) is 0 Å². The molecular formula is C17H29N5O2. The Morgan fingerprint density at radius 2 is 2.21 bits per heavy atom. The van der Waals surface area contributed by atoms with Crippen LogP contribution in [0.1, 0.15) is 39.5 Å². The maximum atomic E-state index is 11.9. The number of aliphatic hydroxyl groups excluding tert-OH is 1. The summed E-state index contributed by atoms with van der Waals surface area (Å²) in [6.45, 7) is 7.69. The third-order valence-corrected chi connectivity index (χ3v) is 5.77. The summed E-state index contributed by atoms with van der Waals surface area (Å²) < 4.78 is 0. The Bertz CT molecular complexity index is 582. The van der Waals surface area contributed by atoms with Gasteiger partial charge in [-0.25, -0.2) is 0 Å². The van der Waals surface area contributed by atoms with Crippen molar-refractivity contribution in [1.82, 2.24) is 10.6 Å². The first-order chi connectivity index (χ1) is 11.1. The first-order valence-electron chi connectivity index (χ1n) is 8.62. The van der Waals surface area contributed by atoms with Gasteiger partial charge < -0.3 is 16.2 Å². The van der Waals surface area contributed by atoms with E-state index in [1.165, 1.54) is 5.57 Å². The van der Waals surface area contributed by atoms with Crippen LogP contribution in [-0.2, 0) is 4.79 Å². The van der Waals surface area contributed by atoms with Crippen LogP contribution in [0.4, 0.5) is 0 Å². The van der Waals surface area contributed by atoms with Crippen LogP contribution in [0.15, 0.2) is 17.1 Å². The highest BCUT2D eigenvalue weighted by atomic mass is 16.3. The standard InChI is InChI=1S/C17H29N5O2/c1-10-16(4-5-16)13(23)7-17(10)6-12(17)8-20-9-14(24)22-15(3,19)21-11(2)18/h8,11-13,21,23H,1,4-7,9,18-19H2,2-3H3,(H,22,24)/t11?,12?,13-,15?,17-/m0/s1. The lowest BCUT2D eigenvalue weighted by Gasteiger charge is -2.29. The minimum Gasteiger partial charge on any atom is -0.392 e. The van der Waals surface area contributed by atoms with Gasteiger partial charge >= 0.3 is 0 Å². The molecule has 24 heavy (non-hydrogen) atoms. The molecule has 2 spiro atoms. The molecule has 3 aliphatic carbocycles. The second-order valence-corrected chi connectivity index (χ2v) is 7.99. The van der Waals surface area contributed by atoms with Crippen LogP contribution in [-0.4, -0.2) is 41.8 Å². The summed E-state index contributed by atoms with van der Waals surface area (Å²) in [4.78, 5) is 16.2. The van der Waals surface area contributed by atoms with Crippen LogP contribution in [0.3, 0.4) is 0 Å². The Morgan fingerprint density at radius 1 is 1.54 bits per heavy atom. The maximum absolute atomic E-state index is 11.9. The fourth-order valence-corrected chi connectivity index (χ4v) is 4.34. The van der Waals surface area contributed by atoms with E-state index in [1.807, 2.05) is 6.21 Å². The Hall–Kier alpha value is -1.28. The van der Waals surface area contributed by atoms with Crippen molar-refractivity contribution in [1.29, 1.82) is 0 Å². The van der Waals surface area contributed by atoms with Crippen LogP contribution in [0.5, 0.6) is 0 Å². The minimum absolute atomic E-state index is 0.00802. The Morgan fingerprint density at radius 3 is 2.75 bits per heavy atom. The van der Waals surface area contributed by atoms with E-state index < -0.39 is 5.79 Å². The molecule has 0 aromatic carbocycles. The van der Waals surface area contributed by atoms with Crippen molar-refractivity contribution >= 4 is 12.1 Å². The number of aliphatic imine (C=N–C) groups is 1. The van der Waals surface area contributed by atoms with Gasteiger partial charge in [0.15, 0.2) is 0 Å². The predicted octanol–water partition coefficient (Wildman–Crippen LogP) is -0.193. The molecule has 7 heteroatoms. The van der Waals surface area contributed by atoms with E-state index in [0.29, 0.717) is 5.92 Å². The van der Waals surface area contributed by atoms with Gasteiger partial charge in [-0.05, 0) is 39.5 Å². The van der Waals surface area contributed by atoms with Crippen LogP contribution in [0.2, 0.25) is 0 Å². The van der Waals surface area contributed by atoms with Crippen LogP contribution in [0.25, 0.3) is 0 Å². The molecule has 0 aromatic heterocycles. The number of rotatable bonds is 6. The monoisotopic (exact) mass is 335 g/mol. The number of hydrogen-bond acceptors (Lipinski definition) is 6. The van der Waals surface area contributed by atoms with Gasteiger partial charge in [-0.2, -0.15) is 0 Å². The molecule has 3 saturated carbocycles. The van der Waals surface area contributed by atoms with E-state index in [4.69, 9.17) is 11.5 Å². The molecule has 0 aliphatic heterocycles. The molecule has 0 saturated heterocycles. The summed E-state index contributed by atoms with van der Waals surface area (Å²) in [6.07, 6.45) is 5.15. The smallest absolute Gasteiger partial charge is 0.244 e. The lowest BCUT2D eigenvalue weighted by Crippen LogP contribution is -2.67. The summed E-state index contributed by atoms with van der Waals surface area (Å²) in [7, 11) is 0. The molecule has 0 aromatic rings. The molecule has 3 unspecified atom stereocenters. The molecule has 7 N–H and O–H groups in total. The first-order valence-corrected chi connectivity index (χ1v) is 8.62. The Labute approximate surface area is 143 Å². The van der Waals surface area contributed by atoms with Gasteiger partial charge in [0.2, 0.25) is 5.91 Å². The SMILES string of the molecule is C=C1C2(CC2)[C@@H](O)C[C@@]12CC2C=NCC(=O)NC(C)(N)NC(C)N. The maximum Gasteiger partial charge on any atom is 0.244 e. The van der Waals surface area contributed by atoms with Crippen LogP contribution < -0.4 is 22.1 Å². The molecule has 0 radical (unpaired) electrons. The highest BCUT2D eigenvalue weighted by molar-refractivity contribution is 5.81. The normalized spacial score (nSPS) is 37.0. The van der Waals surface area contributed by atoms with Crippen LogP contribution >= 0.6 is 0 Å². The first kappa shape index (κ1) is 17.5. The predicted molar refractivity (Wildman–Crippen MR) is 92.9 cm³/mol. The number of carbonyl (C=O) groups excluding carboxylic acids is 1. The summed E-state index contributed by atoms with van der Waals surface area (Å²) in [6, 6.07) is 0. The fraction of sp³-hybridized carbons (Fsp3) is 0.765. The summed E-state index contributed by atoms with van der Waals surface area (Å²) in [5.41, 5.74) is 12.8. The number of hydrogen-bond donors (Lipinski definition) is 5. The lowest BCUT2D eigenvalue weighted by molar-refractivity contribution is -0.121. The van der Waals surface area contributed by atoms with Gasteiger partial charge in [0, 0.05) is 23.0 Å². The molecule has 3 fully saturated rings. The molecular weight excluding hydrogens is 306 g/mol. The molecule has 7 nitrogen and oxygen atoms in total. The number of nitrogens with zero attached hydrogens (tertiary/aromatic N) is 1. The Balaban J connectivity index is 1.48. The van der Waals surface area contributed by atoms with E-state index in [-0.39, 0.29) is 35.6 Å². The van der Waals surface area contributed by atoms with E-state index >= 15 is 0 Å². The van der Waals surface area contributed by atoms with Crippen molar-refractivity contribution in [3.63, 3.8) is 0 Å². The number of nitrogens with one attached hydrogen (secondary N) is 2. The average Bonchev–Trinajstić information content (AvgIpc) is 3.30. The zero-order chi connectivity index (χ0) is 17.8. The summed E-state index contributed by atoms with van der Waals surface area (Å²) in [5, 5.41) is 15.8. The molecule has 5 atom stereocenters. The molecule has 3 rings (SSSR count). The average molecular weight is 335 g/mol. The molecule has 3 aliphatic rings. The van der Waals surface area contributed by atoms with Crippen molar-refractivity contribution in [2.24, 2.45) is 33.2 Å². The third-order valence-electron chi connectivity index (χ3n) is 5.77. The number of carbonyl (C=O) groups is 1. The van der Waals surface area contributed by atoms with Crippen molar-refractivity contribution in [2.75, 3.05) is 6.54 Å². The topological polar surface area (TPSA) is 126 Å². The quantitative estimate of drug-likeness (QED) is 0.261. The lowest BCUT2D eigenvalue weighted by atomic mass is 9.92. The third kappa shape index (κ3) is 3.01. The fourth-order valence-electron chi connectivity index (χ4n) is 4.34. The van der Waals surface area contributed by atoms with Gasteiger partial charge in [-0.3, -0.25) is 20.8 Å². The van der Waals surface area contributed by atoms with E-state index in [1.54, 1.807) is 13.8 Å². The largest absolute Gasteiger partial charge is 0.392 e. The minimum atomic E-state index is -1.07. The second-order valence-electron chi connectivity index (χ2n) is 7.99. The molecule has 0 bridgehead atoms. The van der Waals surface area contributed by atoms with Crippen molar-refractivity contribution < 1.29 is 9.90 Å². The highest BCUT2D eigenvalue weighted by Gasteiger charge is 2.70. The number of nitrogens with two attached hydrogens (primary N) is 2.